The first-order valence-electron chi connectivity index (χ1n) is 8.79. The molecule has 154 valence electrons. The zero-order valence-electron chi connectivity index (χ0n) is 16.1. The van der Waals surface area contributed by atoms with Crippen LogP contribution in [0, 0.1) is 6.92 Å². The zero-order chi connectivity index (χ0) is 21.8. The second-order valence-electron chi connectivity index (χ2n) is 6.36. The smallest absolute Gasteiger partial charge is 0.270 e. The number of rotatable bonds is 6. The van der Waals surface area contributed by atoms with E-state index in [9.17, 15) is 19.5 Å². The number of carbonyl (C=O) groups excluding carboxylic acids is 3. The van der Waals surface area contributed by atoms with Crippen LogP contribution in [0.15, 0.2) is 48.0 Å². The molecule has 0 spiro atoms. The molecule has 1 aliphatic heterocycles. The van der Waals surface area contributed by atoms with E-state index in [0.717, 1.165) is 5.56 Å². The topological polar surface area (TPSA) is 108 Å². The molecule has 0 bridgehead atoms. The van der Waals surface area contributed by atoms with Crippen LogP contribution >= 0.6 is 12.2 Å². The number of amides is 2. The van der Waals surface area contributed by atoms with Gasteiger partial charge in [-0.3, -0.25) is 19.8 Å². The van der Waals surface area contributed by atoms with E-state index < -0.39 is 24.4 Å². The summed E-state index contributed by atoms with van der Waals surface area (Å²) in [5.41, 5.74) is 1.91. The van der Waals surface area contributed by atoms with Crippen molar-refractivity contribution in [3.05, 3.63) is 59.2 Å². The van der Waals surface area contributed by atoms with Gasteiger partial charge in [-0.1, -0.05) is 23.8 Å². The van der Waals surface area contributed by atoms with Crippen LogP contribution in [0.4, 0.5) is 5.69 Å². The van der Waals surface area contributed by atoms with Crippen molar-refractivity contribution < 1.29 is 29.0 Å². The van der Waals surface area contributed by atoms with Gasteiger partial charge in [0.25, 0.3) is 11.8 Å². The Morgan fingerprint density at radius 2 is 1.87 bits per heavy atom. The Morgan fingerprint density at radius 1 is 1.17 bits per heavy atom. The largest absolute Gasteiger partial charge is 0.546 e. The molecular formula is C21H17N2O6S-. The fraction of sp³-hybridized carbons (Fsp3) is 0.143. The van der Waals surface area contributed by atoms with Crippen LogP contribution in [-0.2, 0) is 14.4 Å². The van der Waals surface area contributed by atoms with E-state index >= 15 is 0 Å². The summed E-state index contributed by atoms with van der Waals surface area (Å²) in [5.74, 6) is -2.14. The van der Waals surface area contributed by atoms with Crippen molar-refractivity contribution >= 4 is 46.9 Å². The van der Waals surface area contributed by atoms with Crippen molar-refractivity contribution in [3.63, 3.8) is 0 Å². The Kier molecular flexibility index (Phi) is 6.12. The minimum Gasteiger partial charge on any atom is -0.546 e. The molecule has 30 heavy (non-hydrogen) atoms. The number of thiocarbonyl (C=S) groups is 1. The van der Waals surface area contributed by atoms with E-state index in [1.165, 1.54) is 30.2 Å². The lowest BCUT2D eigenvalue weighted by molar-refractivity contribution is -0.307. The minimum absolute atomic E-state index is 0.00499. The van der Waals surface area contributed by atoms with Crippen LogP contribution in [0.25, 0.3) is 6.08 Å². The molecule has 0 unspecified atom stereocenters. The van der Waals surface area contributed by atoms with Crippen molar-refractivity contribution in [3.8, 4) is 11.5 Å². The average Bonchev–Trinajstić information content (AvgIpc) is 2.71. The van der Waals surface area contributed by atoms with Gasteiger partial charge >= 0.3 is 0 Å². The maximum Gasteiger partial charge on any atom is 0.270 e. The zero-order valence-corrected chi connectivity index (χ0v) is 16.9. The fourth-order valence-electron chi connectivity index (χ4n) is 2.78. The van der Waals surface area contributed by atoms with Gasteiger partial charge in [-0.25, -0.2) is 0 Å². The molecule has 2 aromatic rings. The molecule has 0 aliphatic carbocycles. The Bertz CT molecular complexity index is 1060. The summed E-state index contributed by atoms with van der Waals surface area (Å²) < 4.78 is 10.3. The molecule has 0 saturated carbocycles. The number of benzene rings is 2. The maximum atomic E-state index is 13.0. The number of ether oxygens (including phenoxy) is 2. The van der Waals surface area contributed by atoms with E-state index in [1.54, 1.807) is 18.2 Å². The first-order valence-corrected chi connectivity index (χ1v) is 9.20. The van der Waals surface area contributed by atoms with Crippen molar-refractivity contribution in [2.45, 2.75) is 6.92 Å². The number of nitrogens with one attached hydrogen (secondary N) is 1. The van der Waals surface area contributed by atoms with Crippen LogP contribution < -0.4 is 24.8 Å². The first kappa shape index (κ1) is 21.0. The van der Waals surface area contributed by atoms with Crippen LogP contribution in [0.3, 0.4) is 0 Å². The van der Waals surface area contributed by atoms with Gasteiger partial charge in [-0.05, 0) is 55.0 Å². The highest BCUT2D eigenvalue weighted by atomic mass is 32.1. The van der Waals surface area contributed by atoms with E-state index in [2.05, 4.69) is 5.32 Å². The van der Waals surface area contributed by atoms with E-state index in [4.69, 9.17) is 21.7 Å². The van der Waals surface area contributed by atoms with E-state index in [-0.39, 0.29) is 22.2 Å². The average molecular weight is 425 g/mol. The van der Waals surface area contributed by atoms with Gasteiger partial charge in [-0.2, -0.15) is 0 Å². The van der Waals surface area contributed by atoms with Gasteiger partial charge in [0.2, 0.25) is 0 Å². The van der Waals surface area contributed by atoms with Crippen LogP contribution in [0.2, 0.25) is 0 Å². The SMILES string of the molecule is COc1cc(/C=C2/C(=O)NC(=S)N(c3ccc(C)cc3)C2=O)ccc1OCC(=O)[O-]. The third kappa shape index (κ3) is 4.47. The summed E-state index contributed by atoms with van der Waals surface area (Å²) in [4.78, 5) is 37.3. The maximum absolute atomic E-state index is 13.0. The number of hydrogen-bond donors (Lipinski definition) is 1. The van der Waals surface area contributed by atoms with Crippen molar-refractivity contribution in [2.24, 2.45) is 0 Å². The van der Waals surface area contributed by atoms with Crippen molar-refractivity contribution in [1.82, 2.24) is 5.32 Å². The van der Waals surface area contributed by atoms with Gasteiger partial charge in [-0.15, -0.1) is 0 Å². The number of hydrogen-bond acceptors (Lipinski definition) is 7. The fourth-order valence-corrected chi connectivity index (χ4v) is 3.06. The van der Waals surface area contributed by atoms with Gasteiger partial charge < -0.3 is 19.4 Å². The van der Waals surface area contributed by atoms with Crippen molar-refractivity contribution in [2.75, 3.05) is 18.6 Å². The normalized spacial score (nSPS) is 15.2. The number of carboxylic acids is 1. The molecule has 3 rings (SSSR count). The van der Waals surface area contributed by atoms with Gasteiger partial charge in [0.15, 0.2) is 16.6 Å². The Labute approximate surface area is 177 Å². The predicted octanol–water partition coefficient (Wildman–Crippen LogP) is 0.964. The standard InChI is InChI=1S/C21H18N2O6S/c1-12-3-6-14(7-4-12)23-20(27)15(19(26)22-21(23)30)9-13-5-8-16(17(10-13)28-2)29-11-18(24)25/h3-10H,11H2,1-2H3,(H,24,25)(H,22,26,30)/p-1/b15-9-. The quantitative estimate of drug-likeness (QED) is 0.417. The van der Waals surface area contributed by atoms with E-state index in [1.807, 2.05) is 19.1 Å². The molecule has 1 fully saturated rings. The number of carboxylic acid groups (broad SMARTS) is 1. The monoisotopic (exact) mass is 425 g/mol. The highest BCUT2D eigenvalue weighted by Gasteiger charge is 2.34. The molecule has 0 atom stereocenters. The summed E-state index contributed by atoms with van der Waals surface area (Å²) in [6.45, 7) is 1.28. The Morgan fingerprint density at radius 3 is 2.50 bits per heavy atom. The van der Waals surface area contributed by atoms with Gasteiger partial charge in [0.1, 0.15) is 12.2 Å². The third-order valence-corrected chi connectivity index (χ3v) is 4.52. The van der Waals surface area contributed by atoms with Crippen molar-refractivity contribution in [1.29, 1.82) is 0 Å². The molecule has 1 heterocycles. The summed E-state index contributed by atoms with van der Waals surface area (Å²) >= 11 is 5.18. The predicted molar refractivity (Wildman–Crippen MR) is 111 cm³/mol. The molecule has 0 aromatic heterocycles. The number of carbonyl (C=O) groups is 3. The molecule has 2 aromatic carbocycles. The van der Waals surface area contributed by atoms with Gasteiger partial charge in [0, 0.05) is 0 Å². The van der Waals surface area contributed by atoms with Crippen LogP contribution in [0.1, 0.15) is 11.1 Å². The second-order valence-corrected chi connectivity index (χ2v) is 6.75. The number of methoxy groups -OCH3 is 1. The Balaban J connectivity index is 1.94. The molecule has 1 N–H and O–H groups in total. The molecular weight excluding hydrogens is 408 g/mol. The highest BCUT2D eigenvalue weighted by molar-refractivity contribution is 7.80. The lowest BCUT2D eigenvalue weighted by atomic mass is 10.1. The third-order valence-electron chi connectivity index (χ3n) is 4.24. The van der Waals surface area contributed by atoms with Crippen LogP contribution in [0.5, 0.6) is 11.5 Å². The molecule has 8 nitrogen and oxygen atoms in total. The lowest BCUT2D eigenvalue weighted by Gasteiger charge is -2.29. The van der Waals surface area contributed by atoms with Gasteiger partial charge in [0.05, 0.1) is 18.8 Å². The molecule has 0 radical (unpaired) electrons. The second kappa shape index (κ2) is 8.75. The van der Waals surface area contributed by atoms with E-state index in [0.29, 0.717) is 11.3 Å². The molecule has 2 amide bonds. The number of aryl methyl sites for hydroxylation is 1. The summed E-state index contributed by atoms with van der Waals surface area (Å²) in [6, 6.07) is 11.7. The molecule has 9 heteroatoms. The number of nitrogens with zero attached hydrogens (tertiary/aromatic N) is 1. The number of aliphatic carboxylic acids is 1. The summed E-state index contributed by atoms with van der Waals surface area (Å²) in [6.07, 6.45) is 1.39. The molecule has 1 saturated heterocycles. The highest BCUT2D eigenvalue weighted by Crippen LogP contribution is 2.30. The first-order chi connectivity index (χ1) is 14.3. The lowest BCUT2D eigenvalue weighted by Crippen LogP contribution is -2.54. The Hall–Kier alpha value is -3.72. The molecule has 1 aliphatic rings. The minimum atomic E-state index is -1.38. The number of anilines is 1. The van der Waals surface area contributed by atoms with Crippen LogP contribution in [-0.4, -0.2) is 36.6 Å². The summed E-state index contributed by atoms with van der Waals surface area (Å²) in [5, 5.41) is 13.1. The summed E-state index contributed by atoms with van der Waals surface area (Å²) in [7, 11) is 1.38.